The van der Waals surface area contributed by atoms with Gasteiger partial charge in [0.15, 0.2) is 0 Å². The molecule has 2 aromatic rings. The van der Waals surface area contributed by atoms with E-state index in [0.717, 1.165) is 42.5 Å². The zero-order valence-corrected chi connectivity index (χ0v) is 21.7. The van der Waals surface area contributed by atoms with Gasteiger partial charge in [-0.1, -0.05) is 6.07 Å². The maximum absolute atomic E-state index is 12.4. The molecule has 1 aromatic heterocycles. The Kier molecular flexibility index (Phi) is 8.74. The molecule has 0 radical (unpaired) electrons. The van der Waals surface area contributed by atoms with Gasteiger partial charge < -0.3 is 26.2 Å². The average Bonchev–Trinajstić information content (AvgIpc) is 3.53. The molecule has 4 N–H and O–H groups in total. The first-order valence-corrected chi connectivity index (χ1v) is 13.2. The van der Waals surface area contributed by atoms with Crippen molar-refractivity contribution in [3.63, 3.8) is 0 Å². The van der Waals surface area contributed by atoms with Crippen molar-refractivity contribution in [1.29, 1.82) is 0 Å². The molecule has 186 valence electrons. The van der Waals surface area contributed by atoms with E-state index in [9.17, 15) is 9.59 Å². The van der Waals surface area contributed by atoms with Crippen molar-refractivity contribution in [3.05, 3.63) is 34.9 Å². The van der Waals surface area contributed by atoms with E-state index in [4.69, 9.17) is 0 Å². The number of aromatic nitrogens is 2. The minimum Gasteiger partial charge on any atom is -0.369 e. The van der Waals surface area contributed by atoms with Gasteiger partial charge in [-0.15, -0.1) is 4.52 Å². The Labute approximate surface area is 216 Å². The molecule has 0 bridgehead atoms. The number of nitrogens with zero attached hydrogens (tertiary/aromatic N) is 5. The van der Waals surface area contributed by atoms with Crippen molar-refractivity contribution < 1.29 is 9.59 Å². The van der Waals surface area contributed by atoms with Crippen molar-refractivity contribution >= 4 is 63.0 Å². The zero-order valence-electron chi connectivity index (χ0n) is 19.3. The lowest BCUT2D eigenvalue weighted by Crippen LogP contribution is -2.37. The van der Waals surface area contributed by atoms with Crippen LogP contribution in [0.2, 0.25) is 0 Å². The third-order valence-electron chi connectivity index (χ3n) is 5.54. The van der Waals surface area contributed by atoms with Gasteiger partial charge >= 0.3 is 6.03 Å². The number of rotatable bonds is 9. The number of anilines is 4. The highest BCUT2D eigenvalue weighted by Gasteiger charge is 2.29. The molecular weight excluding hydrogens is 534 g/mol. The monoisotopic (exact) mass is 561 g/mol. The van der Waals surface area contributed by atoms with Crippen LogP contribution in [0.3, 0.4) is 0 Å². The number of benzene rings is 1. The van der Waals surface area contributed by atoms with Gasteiger partial charge in [0.1, 0.15) is 11.1 Å². The molecule has 35 heavy (non-hydrogen) atoms. The lowest BCUT2D eigenvalue weighted by Gasteiger charge is -2.16. The van der Waals surface area contributed by atoms with Crippen LogP contribution in [0.5, 0.6) is 0 Å². The number of hydrogen-bond acceptors (Lipinski definition) is 9. The van der Waals surface area contributed by atoms with Crippen LogP contribution in [0.15, 0.2) is 44.6 Å². The fraction of sp³-hybridized carbons (Fsp3) is 0.455. The SMILES string of the molecule is CC1N=NSC1C(=O)NCCCNc1nc(Nc2cccc(NC(=O)N3CCCC3)c2)ncc1Br. The maximum Gasteiger partial charge on any atom is 0.321 e. The molecular formula is C22H28BrN9O2S. The van der Waals surface area contributed by atoms with E-state index in [-0.39, 0.29) is 23.2 Å². The van der Waals surface area contributed by atoms with E-state index in [0.29, 0.717) is 30.5 Å². The Hall–Kier alpha value is -2.93. The van der Waals surface area contributed by atoms with Crippen LogP contribution in [0.4, 0.5) is 27.9 Å². The molecule has 11 nitrogen and oxygen atoms in total. The number of hydrogen-bond donors (Lipinski definition) is 4. The summed E-state index contributed by atoms with van der Waals surface area (Å²) >= 11 is 4.68. The van der Waals surface area contributed by atoms with Gasteiger partial charge in [-0.2, -0.15) is 10.1 Å². The van der Waals surface area contributed by atoms with Gasteiger partial charge in [-0.25, -0.2) is 9.78 Å². The quantitative estimate of drug-likeness (QED) is 0.263. The molecule has 4 rings (SSSR count). The topological polar surface area (TPSA) is 136 Å². The largest absolute Gasteiger partial charge is 0.369 e. The molecule has 2 aliphatic rings. The van der Waals surface area contributed by atoms with E-state index in [2.05, 4.69) is 56.8 Å². The normalized spacial score (nSPS) is 19.0. The summed E-state index contributed by atoms with van der Waals surface area (Å²) in [6.07, 6.45) is 4.49. The van der Waals surface area contributed by atoms with Crippen LogP contribution in [0, 0.1) is 0 Å². The first-order chi connectivity index (χ1) is 17.0. The van der Waals surface area contributed by atoms with E-state index in [1.165, 1.54) is 11.9 Å². The van der Waals surface area contributed by atoms with Crippen LogP contribution < -0.4 is 21.3 Å². The molecule has 2 aliphatic heterocycles. The van der Waals surface area contributed by atoms with Crippen LogP contribution >= 0.6 is 27.9 Å². The van der Waals surface area contributed by atoms with Crippen LogP contribution in [-0.4, -0.2) is 64.3 Å². The molecule has 0 spiro atoms. The number of amides is 3. The Bertz CT molecular complexity index is 1080. The van der Waals surface area contributed by atoms with Crippen molar-refractivity contribution in [1.82, 2.24) is 20.2 Å². The number of urea groups is 1. The molecule has 3 heterocycles. The van der Waals surface area contributed by atoms with E-state index in [1.54, 1.807) is 6.20 Å². The van der Waals surface area contributed by atoms with Crippen molar-refractivity contribution in [2.45, 2.75) is 37.5 Å². The number of likely N-dealkylation sites (tertiary alicyclic amines) is 1. The van der Waals surface area contributed by atoms with Gasteiger partial charge in [0.25, 0.3) is 0 Å². The molecule has 13 heteroatoms. The van der Waals surface area contributed by atoms with Gasteiger partial charge in [0, 0.05) is 55.7 Å². The number of carbonyl (C=O) groups is 2. The minimum atomic E-state index is -0.250. The lowest BCUT2D eigenvalue weighted by atomic mass is 10.2. The summed E-state index contributed by atoms with van der Waals surface area (Å²) in [6.45, 7) is 4.64. The summed E-state index contributed by atoms with van der Waals surface area (Å²) in [7, 11) is 0. The number of carbonyl (C=O) groups excluding carboxylic acids is 2. The van der Waals surface area contributed by atoms with Crippen molar-refractivity contribution in [2.24, 2.45) is 9.63 Å². The van der Waals surface area contributed by atoms with Crippen LogP contribution in [0.1, 0.15) is 26.2 Å². The summed E-state index contributed by atoms with van der Waals surface area (Å²) in [5.74, 6) is 1.03. The molecule has 2 atom stereocenters. The molecule has 1 aromatic carbocycles. The fourth-order valence-electron chi connectivity index (χ4n) is 3.65. The van der Waals surface area contributed by atoms with Gasteiger partial charge in [-0.3, -0.25) is 4.79 Å². The predicted octanol–water partition coefficient (Wildman–Crippen LogP) is 4.40. The van der Waals surface area contributed by atoms with E-state index < -0.39 is 0 Å². The lowest BCUT2D eigenvalue weighted by molar-refractivity contribution is -0.120. The number of halogens is 1. The molecule has 2 unspecified atom stereocenters. The second-order valence-corrected chi connectivity index (χ2v) is 9.99. The third-order valence-corrected chi connectivity index (χ3v) is 7.14. The average molecular weight is 562 g/mol. The van der Waals surface area contributed by atoms with Gasteiger partial charge in [0.05, 0.1) is 10.5 Å². The summed E-state index contributed by atoms with van der Waals surface area (Å²) in [5, 5.41) is 16.0. The highest BCUT2D eigenvalue weighted by atomic mass is 79.9. The molecule has 0 saturated carbocycles. The fourth-order valence-corrected chi connectivity index (χ4v) is 4.70. The molecule has 1 saturated heterocycles. The van der Waals surface area contributed by atoms with E-state index >= 15 is 0 Å². The third kappa shape index (κ3) is 7.04. The summed E-state index contributed by atoms with van der Waals surface area (Å²) < 4.78 is 4.59. The van der Waals surface area contributed by atoms with Gasteiger partial charge in [0.2, 0.25) is 11.9 Å². The summed E-state index contributed by atoms with van der Waals surface area (Å²) in [5.41, 5.74) is 1.47. The highest BCUT2D eigenvalue weighted by molar-refractivity contribution is 9.10. The Morgan fingerprint density at radius 3 is 2.77 bits per heavy atom. The Morgan fingerprint density at radius 2 is 2.00 bits per heavy atom. The Balaban J connectivity index is 1.25. The standard InChI is InChI=1S/C22H28BrN9O2S/c1-14-18(35-31-30-14)20(33)25-9-5-8-24-19-17(23)13-26-21(29-19)27-15-6-4-7-16(12-15)28-22(34)32-10-2-3-11-32/h4,6-7,12-14,18H,2-3,5,8-11H2,1H3,(H,25,33)(H,28,34)(H2,24,26,27,29). The van der Waals surface area contributed by atoms with E-state index in [1.807, 2.05) is 36.1 Å². The minimum absolute atomic E-state index is 0.0407. The van der Waals surface area contributed by atoms with Crippen molar-refractivity contribution in [3.8, 4) is 0 Å². The van der Waals surface area contributed by atoms with Crippen molar-refractivity contribution in [2.75, 3.05) is 42.1 Å². The van der Waals surface area contributed by atoms with Crippen LogP contribution in [0.25, 0.3) is 0 Å². The number of nitrogens with one attached hydrogen (secondary N) is 4. The first kappa shape index (κ1) is 25.2. The van der Waals surface area contributed by atoms with Crippen LogP contribution in [-0.2, 0) is 4.79 Å². The zero-order chi connectivity index (χ0) is 24.6. The molecule has 3 amide bonds. The molecule has 0 aliphatic carbocycles. The molecule has 1 fully saturated rings. The first-order valence-electron chi connectivity index (χ1n) is 11.5. The smallest absolute Gasteiger partial charge is 0.321 e. The second-order valence-electron chi connectivity index (χ2n) is 8.26. The summed E-state index contributed by atoms with van der Waals surface area (Å²) in [6, 6.07) is 7.27. The second kappa shape index (κ2) is 12.2. The predicted molar refractivity (Wildman–Crippen MR) is 141 cm³/mol. The summed E-state index contributed by atoms with van der Waals surface area (Å²) in [4.78, 5) is 35.2. The maximum atomic E-state index is 12.4. The Morgan fingerprint density at radius 1 is 1.20 bits per heavy atom. The highest BCUT2D eigenvalue weighted by Crippen LogP contribution is 2.26. The van der Waals surface area contributed by atoms with Gasteiger partial charge in [-0.05, 0) is 60.3 Å².